The predicted molar refractivity (Wildman–Crippen MR) is 99.2 cm³/mol. The number of carbonyl (C=O) groups is 1. The molecule has 1 N–H and O–H groups in total. The fourth-order valence-corrected chi connectivity index (χ4v) is 3.10. The Morgan fingerprint density at radius 2 is 1.73 bits per heavy atom. The van der Waals surface area contributed by atoms with Crippen molar-refractivity contribution < 1.29 is 13.2 Å². The summed E-state index contributed by atoms with van der Waals surface area (Å²) in [6.07, 6.45) is 1.18. The van der Waals surface area contributed by atoms with Gasteiger partial charge in [-0.05, 0) is 31.2 Å². The molecule has 1 amide bonds. The summed E-state index contributed by atoms with van der Waals surface area (Å²) >= 11 is 0. The zero-order valence-corrected chi connectivity index (χ0v) is 15.7. The first-order chi connectivity index (χ1) is 12.1. The number of carbonyl (C=O) groups excluding carboxylic acids is 1. The van der Waals surface area contributed by atoms with Crippen LogP contribution in [0.2, 0.25) is 0 Å². The van der Waals surface area contributed by atoms with Gasteiger partial charge in [0, 0.05) is 33.0 Å². The second-order valence-electron chi connectivity index (χ2n) is 5.67. The molecule has 0 radical (unpaired) electrons. The maximum absolute atomic E-state index is 12.3. The van der Waals surface area contributed by atoms with Gasteiger partial charge in [0.05, 0.1) is 11.4 Å². The maximum atomic E-state index is 12.3. The zero-order valence-electron chi connectivity index (χ0n) is 14.9. The molecule has 2 rings (SSSR count). The van der Waals surface area contributed by atoms with E-state index in [2.05, 4.69) is 5.32 Å². The lowest BCUT2D eigenvalue weighted by Crippen LogP contribution is -2.40. The van der Waals surface area contributed by atoms with Crippen LogP contribution in [0.25, 0.3) is 0 Å². The minimum absolute atomic E-state index is 0.0298. The van der Waals surface area contributed by atoms with E-state index in [1.165, 1.54) is 39.5 Å². The van der Waals surface area contributed by atoms with E-state index in [-0.39, 0.29) is 11.3 Å². The quantitative estimate of drug-likeness (QED) is 0.792. The van der Waals surface area contributed by atoms with E-state index in [1.54, 1.807) is 19.1 Å². The molecule has 140 valence electrons. The highest BCUT2D eigenvalue weighted by atomic mass is 32.2. The van der Waals surface area contributed by atoms with Crippen molar-refractivity contribution in [2.24, 2.45) is 14.1 Å². The highest BCUT2D eigenvalue weighted by Gasteiger charge is 2.17. The van der Waals surface area contributed by atoms with Crippen molar-refractivity contribution in [2.75, 3.05) is 22.4 Å². The molecule has 1 aromatic carbocycles. The molecule has 1 aromatic heterocycles. The number of benzene rings is 1. The van der Waals surface area contributed by atoms with Gasteiger partial charge in [0.15, 0.2) is 0 Å². The van der Waals surface area contributed by atoms with Gasteiger partial charge in [-0.25, -0.2) is 13.2 Å². The van der Waals surface area contributed by atoms with Gasteiger partial charge in [0.2, 0.25) is 10.0 Å². The SMILES string of the molecule is CCS(=O)(=O)N(C)c1ccc(NC(=O)c2cn(C)c(=O)n(C)c2=O)cc1. The van der Waals surface area contributed by atoms with E-state index >= 15 is 0 Å². The van der Waals surface area contributed by atoms with E-state index < -0.39 is 27.2 Å². The van der Waals surface area contributed by atoms with Gasteiger partial charge in [-0.1, -0.05) is 0 Å². The number of nitrogens with zero attached hydrogens (tertiary/aromatic N) is 3. The van der Waals surface area contributed by atoms with Gasteiger partial charge in [-0.15, -0.1) is 0 Å². The van der Waals surface area contributed by atoms with Crippen molar-refractivity contribution in [1.82, 2.24) is 9.13 Å². The lowest BCUT2D eigenvalue weighted by Gasteiger charge is -2.18. The van der Waals surface area contributed by atoms with Crippen molar-refractivity contribution >= 4 is 27.3 Å². The first-order valence-electron chi connectivity index (χ1n) is 7.73. The predicted octanol–water partition coefficient (Wildman–Crippen LogP) is 0.122. The standard InChI is InChI=1S/C16H20N4O5S/c1-5-26(24,25)20(4)12-8-6-11(7-9-12)17-14(21)13-10-18(2)16(23)19(3)15(13)22/h6-10H,5H2,1-4H3,(H,17,21). The summed E-state index contributed by atoms with van der Waals surface area (Å²) in [6, 6.07) is 6.14. The summed E-state index contributed by atoms with van der Waals surface area (Å²) in [6.45, 7) is 1.55. The molecule has 26 heavy (non-hydrogen) atoms. The molecule has 10 heteroatoms. The Hall–Kier alpha value is -2.88. The normalized spacial score (nSPS) is 11.2. The first-order valence-corrected chi connectivity index (χ1v) is 9.34. The monoisotopic (exact) mass is 380 g/mol. The topological polar surface area (TPSA) is 110 Å². The summed E-state index contributed by atoms with van der Waals surface area (Å²) in [5.41, 5.74) is -0.573. The van der Waals surface area contributed by atoms with E-state index in [4.69, 9.17) is 0 Å². The molecule has 0 bridgehead atoms. The van der Waals surface area contributed by atoms with Gasteiger partial charge in [-0.3, -0.25) is 18.5 Å². The molecule has 0 aliphatic carbocycles. The van der Waals surface area contributed by atoms with Crippen LogP contribution in [0.3, 0.4) is 0 Å². The Kier molecular flexibility index (Phi) is 5.36. The molecule has 1 heterocycles. The summed E-state index contributed by atoms with van der Waals surface area (Å²) in [5, 5.41) is 2.56. The molecule has 0 aliphatic heterocycles. The van der Waals surface area contributed by atoms with Crippen molar-refractivity contribution in [2.45, 2.75) is 6.92 Å². The van der Waals surface area contributed by atoms with Crippen molar-refractivity contribution in [3.05, 3.63) is 56.9 Å². The van der Waals surface area contributed by atoms with E-state index in [0.29, 0.717) is 11.4 Å². The van der Waals surface area contributed by atoms with Crippen LogP contribution in [0.4, 0.5) is 11.4 Å². The summed E-state index contributed by atoms with van der Waals surface area (Å²) in [4.78, 5) is 36.1. The molecule has 0 saturated carbocycles. The molecular formula is C16H20N4O5S. The van der Waals surface area contributed by atoms with Crippen LogP contribution in [0.1, 0.15) is 17.3 Å². The molecule has 0 unspecified atom stereocenters. The summed E-state index contributed by atoms with van der Waals surface area (Å²) < 4.78 is 26.9. The van der Waals surface area contributed by atoms with Crippen LogP contribution in [-0.4, -0.2) is 36.3 Å². The van der Waals surface area contributed by atoms with Crippen LogP contribution < -0.4 is 20.9 Å². The van der Waals surface area contributed by atoms with Gasteiger partial charge in [0.1, 0.15) is 5.56 Å². The summed E-state index contributed by atoms with van der Waals surface area (Å²) in [7, 11) is 0.799. The average Bonchev–Trinajstić information content (AvgIpc) is 2.62. The lowest BCUT2D eigenvalue weighted by molar-refractivity contribution is 0.102. The zero-order chi connectivity index (χ0) is 19.6. The molecule has 2 aromatic rings. The van der Waals surface area contributed by atoms with Crippen LogP contribution in [-0.2, 0) is 24.1 Å². The fraction of sp³-hybridized carbons (Fsp3) is 0.312. The number of rotatable bonds is 5. The second-order valence-corrected chi connectivity index (χ2v) is 7.96. The van der Waals surface area contributed by atoms with E-state index in [9.17, 15) is 22.8 Å². The lowest BCUT2D eigenvalue weighted by atomic mass is 10.2. The van der Waals surface area contributed by atoms with Crippen LogP contribution in [0.15, 0.2) is 40.1 Å². The highest BCUT2D eigenvalue weighted by molar-refractivity contribution is 7.92. The number of anilines is 2. The maximum Gasteiger partial charge on any atom is 0.330 e. The third kappa shape index (κ3) is 3.69. The smallest absolute Gasteiger partial charge is 0.322 e. The van der Waals surface area contributed by atoms with Crippen LogP contribution >= 0.6 is 0 Å². The van der Waals surface area contributed by atoms with Crippen molar-refractivity contribution in [1.29, 1.82) is 0 Å². The Morgan fingerprint density at radius 3 is 2.27 bits per heavy atom. The number of hydrogen-bond donors (Lipinski definition) is 1. The average molecular weight is 380 g/mol. The molecule has 0 spiro atoms. The minimum atomic E-state index is -3.38. The third-order valence-electron chi connectivity index (χ3n) is 3.96. The highest BCUT2D eigenvalue weighted by Crippen LogP contribution is 2.19. The second kappa shape index (κ2) is 7.16. The van der Waals surface area contributed by atoms with Crippen LogP contribution in [0.5, 0.6) is 0 Å². The number of aryl methyl sites for hydroxylation is 1. The number of amides is 1. The number of sulfonamides is 1. The summed E-state index contributed by atoms with van der Waals surface area (Å²) in [5.74, 6) is -0.693. The molecule has 9 nitrogen and oxygen atoms in total. The van der Waals surface area contributed by atoms with Crippen LogP contribution in [0, 0.1) is 0 Å². The fourth-order valence-electron chi connectivity index (χ4n) is 2.27. The van der Waals surface area contributed by atoms with Gasteiger partial charge in [0.25, 0.3) is 11.5 Å². The number of nitrogens with one attached hydrogen (secondary N) is 1. The van der Waals surface area contributed by atoms with Crippen molar-refractivity contribution in [3.8, 4) is 0 Å². The number of hydrogen-bond acceptors (Lipinski definition) is 5. The Morgan fingerprint density at radius 1 is 1.15 bits per heavy atom. The Bertz CT molecular complexity index is 1050. The van der Waals surface area contributed by atoms with Gasteiger partial charge in [-0.2, -0.15) is 0 Å². The molecule has 0 aliphatic rings. The van der Waals surface area contributed by atoms with Gasteiger partial charge >= 0.3 is 5.69 Å². The van der Waals surface area contributed by atoms with Gasteiger partial charge < -0.3 is 9.88 Å². The Balaban J connectivity index is 2.27. The molecule has 0 fully saturated rings. The molecular weight excluding hydrogens is 360 g/mol. The van der Waals surface area contributed by atoms with E-state index in [1.807, 2.05) is 0 Å². The first kappa shape index (κ1) is 19.4. The third-order valence-corrected chi connectivity index (χ3v) is 5.74. The molecule has 0 atom stereocenters. The number of aromatic nitrogens is 2. The Labute approximate surface area is 150 Å². The minimum Gasteiger partial charge on any atom is -0.322 e. The largest absolute Gasteiger partial charge is 0.330 e. The molecule has 0 saturated heterocycles. The van der Waals surface area contributed by atoms with E-state index in [0.717, 1.165) is 13.4 Å². The van der Waals surface area contributed by atoms with Crippen molar-refractivity contribution in [3.63, 3.8) is 0 Å².